The van der Waals surface area contributed by atoms with Gasteiger partial charge in [-0.15, -0.1) is 0 Å². The number of rotatable bonds is 18. The first kappa shape index (κ1) is 33.9. The molecule has 2 heterocycles. The molecule has 5 unspecified atom stereocenters. The van der Waals surface area contributed by atoms with Gasteiger partial charge in [-0.05, 0) is 38.5 Å². The highest BCUT2D eigenvalue weighted by Crippen LogP contribution is 2.36. The van der Waals surface area contributed by atoms with E-state index in [0.717, 1.165) is 31.4 Å². The number of aliphatic hydroxyl groups is 2. The number of hydrogen-bond acceptors (Lipinski definition) is 9. The first-order valence-corrected chi connectivity index (χ1v) is 18.8. The first-order chi connectivity index (χ1) is 18.2. The topological polar surface area (TPSA) is 118 Å². The molecule has 2 saturated heterocycles. The highest BCUT2D eigenvalue weighted by Gasteiger charge is 2.36. The third-order valence-electron chi connectivity index (χ3n) is 7.17. The monoisotopic (exact) mass is 610 g/mol. The van der Waals surface area contributed by atoms with Crippen LogP contribution in [0, 0.1) is 11.8 Å². The fraction of sp³-hybridized carbons (Fsp3) is 0.885. The van der Waals surface area contributed by atoms with E-state index in [4.69, 9.17) is 0 Å². The van der Waals surface area contributed by atoms with Gasteiger partial charge < -0.3 is 25.1 Å². The molecule has 0 radical (unpaired) electrons. The molecule has 220 valence electrons. The average molecular weight is 611 g/mol. The van der Waals surface area contributed by atoms with E-state index in [1.165, 1.54) is 24.2 Å². The predicted octanol–water partition coefficient (Wildman–Crippen LogP) is 4.74. The van der Waals surface area contributed by atoms with Crippen molar-refractivity contribution >= 4 is 61.0 Å². The van der Waals surface area contributed by atoms with Crippen molar-refractivity contribution < 1.29 is 29.7 Å². The number of carboxylic acid groups (broad SMARTS) is 1. The van der Waals surface area contributed by atoms with E-state index < -0.39 is 24.3 Å². The Hall–Kier alpha value is -0.270. The molecule has 2 aliphatic rings. The summed E-state index contributed by atoms with van der Waals surface area (Å²) >= 11 is 0. The van der Waals surface area contributed by atoms with E-state index >= 15 is 0 Å². The molecule has 0 spiro atoms. The van der Waals surface area contributed by atoms with E-state index in [1.54, 1.807) is 37.3 Å². The van der Waals surface area contributed by atoms with Crippen LogP contribution in [0.1, 0.15) is 78.6 Å². The highest BCUT2D eigenvalue weighted by atomic mass is 33.1. The number of aliphatic carboxylic acids is 1. The van der Waals surface area contributed by atoms with Crippen molar-refractivity contribution in [1.29, 1.82) is 0 Å². The fourth-order valence-electron chi connectivity index (χ4n) is 4.86. The molecule has 0 aromatic carbocycles. The molecule has 3 N–H and O–H groups in total. The quantitative estimate of drug-likeness (QED) is 0.114. The highest BCUT2D eigenvalue weighted by molar-refractivity contribution is 8.77. The summed E-state index contributed by atoms with van der Waals surface area (Å²) in [4.78, 5) is 40.1. The smallest absolute Gasteiger partial charge is 0.326 e. The van der Waals surface area contributed by atoms with Gasteiger partial charge in [-0.25, -0.2) is 4.79 Å². The van der Waals surface area contributed by atoms with Gasteiger partial charge in [0.15, 0.2) is 6.29 Å². The number of amides is 2. The summed E-state index contributed by atoms with van der Waals surface area (Å²) in [5, 5.41) is 29.0. The maximum atomic E-state index is 12.8. The summed E-state index contributed by atoms with van der Waals surface area (Å²) in [6.45, 7) is 7.16. The molecule has 0 bridgehead atoms. The van der Waals surface area contributed by atoms with Crippen LogP contribution in [0.4, 0.5) is 0 Å². The van der Waals surface area contributed by atoms with Gasteiger partial charge in [-0.3, -0.25) is 9.59 Å². The van der Waals surface area contributed by atoms with Gasteiger partial charge in [0.25, 0.3) is 0 Å². The Labute approximate surface area is 244 Å². The lowest BCUT2D eigenvalue weighted by Gasteiger charge is -2.28. The Kier molecular flexibility index (Phi) is 16.3. The molecule has 0 aliphatic carbocycles. The second kappa shape index (κ2) is 18.2. The number of carboxylic acids is 1. The third-order valence-corrected chi connectivity index (χ3v) is 12.9. The normalized spacial score (nSPS) is 22.2. The average Bonchev–Trinajstić information content (AvgIpc) is 3.57. The Morgan fingerprint density at radius 3 is 2.16 bits per heavy atom. The van der Waals surface area contributed by atoms with Crippen molar-refractivity contribution in [1.82, 2.24) is 9.80 Å². The molecular formula is C26H46N2O6S4. The van der Waals surface area contributed by atoms with Crippen molar-refractivity contribution in [2.75, 3.05) is 30.3 Å². The Morgan fingerprint density at radius 2 is 1.50 bits per heavy atom. The van der Waals surface area contributed by atoms with Gasteiger partial charge in [0.2, 0.25) is 11.8 Å². The van der Waals surface area contributed by atoms with Gasteiger partial charge in [-0.2, -0.15) is 0 Å². The van der Waals surface area contributed by atoms with Gasteiger partial charge in [-0.1, -0.05) is 83.2 Å². The number of unbranched alkanes of at least 4 members (excludes halogenated alkanes) is 2. The zero-order chi connectivity index (χ0) is 28.1. The Morgan fingerprint density at radius 1 is 0.868 bits per heavy atom. The van der Waals surface area contributed by atoms with Crippen LogP contribution in [-0.4, -0.2) is 96.9 Å². The molecular weight excluding hydrogens is 565 g/mol. The number of likely N-dealkylation sites (tertiary alicyclic amines) is 2. The second-order valence-electron chi connectivity index (χ2n) is 10.4. The van der Waals surface area contributed by atoms with Crippen LogP contribution in [0.2, 0.25) is 0 Å². The van der Waals surface area contributed by atoms with Crippen LogP contribution < -0.4 is 0 Å². The van der Waals surface area contributed by atoms with Gasteiger partial charge in [0.1, 0.15) is 6.04 Å². The van der Waals surface area contributed by atoms with E-state index in [1.807, 2.05) is 24.6 Å². The van der Waals surface area contributed by atoms with Crippen LogP contribution in [0.25, 0.3) is 0 Å². The maximum Gasteiger partial charge on any atom is 0.326 e. The lowest BCUT2D eigenvalue weighted by atomic mass is 10.1. The zero-order valence-corrected chi connectivity index (χ0v) is 26.2. The van der Waals surface area contributed by atoms with Crippen LogP contribution in [0.5, 0.6) is 0 Å². The summed E-state index contributed by atoms with van der Waals surface area (Å²) in [6, 6.07) is -1.15. The van der Waals surface area contributed by atoms with Crippen LogP contribution in [-0.2, 0) is 14.4 Å². The lowest BCUT2D eigenvalue weighted by molar-refractivity contribution is -0.149. The Balaban J connectivity index is 1.70. The SMILES string of the molecule is CCCCCC(CCSSCC(C)C(=O)N1CCCC1C(=O)O)SSCC(C)C(=O)N1CCCC1C(O)O. The van der Waals surface area contributed by atoms with Crippen LogP contribution in [0.3, 0.4) is 0 Å². The largest absolute Gasteiger partial charge is 0.480 e. The minimum Gasteiger partial charge on any atom is -0.480 e. The summed E-state index contributed by atoms with van der Waals surface area (Å²) in [7, 11) is 7.08. The van der Waals surface area contributed by atoms with Gasteiger partial charge >= 0.3 is 5.97 Å². The second-order valence-corrected chi connectivity index (χ2v) is 15.7. The molecule has 0 aromatic heterocycles. The molecule has 38 heavy (non-hydrogen) atoms. The van der Waals surface area contributed by atoms with Gasteiger partial charge in [0.05, 0.1) is 6.04 Å². The van der Waals surface area contributed by atoms with E-state index in [-0.39, 0.29) is 23.7 Å². The third kappa shape index (κ3) is 11.0. The number of nitrogens with zero attached hydrogens (tertiary/aromatic N) is 2. The summed E-state index contributed by atoms with van der Waals surface area (Å²) in [6.07, 6.45) is 7.06. The number of carbonyl (C=O) groups is 3. The van der Waals surface area contributed by atoms with Crippen molar-refractivity contribution in [2.45, 2.75) is 102 Å². The zero-order valence-electron chi connectivity index (χ0n) is 23.0. The van der Waals surface area contributed by atoms with Crippen molar-refractivity contribution in [2.24, 2.45) is 11.8 Å². The van der Waals surface area contributed by atoms with Crippen LogP contribution >= 0.6 is 43.2 Å². The number of carbonyl (C=O) groups excluding carboxylic acids is 2. The Bertz CT molecular complexity index is 747. The molecule has 5 atom stereocenters. The van der Waals surface area contributed by atoms with E-state index in [2.05, 4.69) is 6.92 Å². The van der Waals surface area contributed by atoms with Crippen molar-refractivity contribution in [3.05, 3.63) is 0 Å². The number of aliphatic hydroxyl groups excluding tert-OH is 1. The maximum absolute atomic E-state index is 12.8. The molecule has 0 aromatic rings. The standard InChI is InChI=1S/C26H46N2O6S4/c1-4-5-6-9-20(38-37-17-19(3)24(30)28-14-8-11-22(28)26(33)34)12-15-35-36-16-18(2)23(29)27-13-7-10-21(27)25(31)32/h18-22,26,33-34H,4-17H2,1-3H3,(H,31,32). The number of hydrogen-bond donors (Lipinski definition) is 3. The van der Waals surface area contributed by atoms with Crippen LogP contribution in [0.15, 0.2) is 0 Å². The van der Waals surface area contributed by atoms with E-state index in [9.17, 15) is 29.7 Å². The molecule has 8 nitrogen and oxygen atoms in total. The summed E-state index contributed by atoms with van der Waals surface area (Å²) < 4.78 is 0. The lowest BCUT2D eigenvalue weighted by Crippen LogP contribution is -2.45. The van der Waals surface area contributed by atoms with Crippen molar-refractivity contribution in [3.8, 4) is 0 Å². The van der Waals surface area contributed by atoms with Crippen molar-refractivity contribution in [3.63, 3.8) is 0 Å². The predicted molar refractivity (Wildman–Crippen MR) is 161 cm³/mol. The molecule has 2 amide bonds. The van der Waals surface area contributed by atoms with E-state index in [0.29, 0.717) is 42.7 Å². The molecule has 12 heteroatoms. The molecule has 2 rings (SSSR count). The first-order valence-electron chi connectivity index (χ1n) is 13.9. The summed E-state index contributed by atoms with van der Waals surface area (Å²) in [5.74, 6) is 1.05. The fourth-order valence-corrected chi connectivity index (χ4v) is 10.6. The molecule has 0 saturated carbocycles. The summed E-state index contributed by atoms with van der Waals surface area (Å²) in [5.41, 5.74) is 0. The minimum absolute atomic E-state index is 0.00969. The minimum atomic E-state index is -1.48. The molecule has 2 aliphatic heterocycles. The molecule has 2 fully saturated rings. The van der Waals surface area contributed by atoms with Gasteiger partial charge in [0, 0.05) is 47.4 Å².